The van der Waals surface area contributed by atoms with Crippen molar-refractivity contribution in [3.63, 3.8) is 0 Å². The van der Waals surface area contributed by atoms with Crippen molar-refractivity contribution in [1.82, 2.24) is 9.88 Å². The molecule has 2 aromatic carbocycles. The Morgan fingerprint density at radius 3 is 2.62 bits per heavy atom. The number of thiophene rings is 1. The Morgan fingerprint density at radius 1 is 1.12 bits per heavy atom. The summed E-state index contributed by atoms with van der Waals surface area (Å²) in [5.41, 5.74) is 3.02. The van der Waals surface area contributed by atoms with Crippen LogP contribution < -0.4 is 15.6 Å². The van der Waals surface area contributed by atoms with Crippen LogP contribution in [0.5, 0.6) is 11.5 Å². The smallest absolute Gasteiger partial charge is 0.261 e. The lowest BCUT2D eigenvalue weighted by Crippen LogP contribution is -2.21. The number of nitrogens with zero attached hydrogens (tertiary/aromatic N) is 1. The maximum absolute atomic E-state index is 13.9. The average Bonchev–Trinajstić information content (AvgIpc) is 3.19. The van der Waals surface area contributed by atoms with Crippen molar-refractivity contribution in [2.75, 3.05) is 6.54 Å². The molecule has 0 aliphatic rings. The second-order valence-corrected chi connectivity index (χ2v) is 8.77. The first-order valence-electron chi connectivity index (χ1n) is 10.2. The molecule has 32 heavy (non-hydrogen) atoms. The highest BCUT2D eigenvalue weighted by Crippen LogP contribution is 2.36. The molecule has 0 spiro atoms. The summed E-state index contributed by atoms with van der Waals surface area (Å²) in [6.07, 6.45) is 1.77. The van der Waals surface area contributed by atoms with Crippen LogP contribution in [0.15, 0.2) is 53.5 Å². The first-order chi connectivity index (χ1) is 15.3. The zero-order valence-corrected chi connectivity index (χ0v) is 19.1. The second kappa shape index (κ2) is 8.59. The molecule has 0 atom stereocenters. The van der Waals surface area contributed by atoms with E-state index in [-0.39, 0.29) is 17.3 Å². The topological polar surface area (TPSA) is 60.3 Å². The number of carbonyl (C=O) groups excluding carboxylic acids is 1. The van der Waals surface area contributed by atoms with Crippen LogP contribution in [0, 0.1) is 19.7 Å². The van der Waals surface area contributed by atoms with Gasteiger partial charge in [-0.05, 0) is 61.7 Å². The Morgan fingerprint density at radius 2 is 1.91 bits per heavy atom. The summed E-state index contributed by atoms with van der Waals surface area (Å²) >= 11 is 1.29. The third kappa shape index (κ3) is 4.16. The molecule has 0 bridgehead atoms. The van der Waals surface area contributed by atoms with Crippen LogP contribution in [0.1, 0.15) is 27.7 Å². The number of ether oxygens (including phenoxy) is 1. The highest BCUT2D eigenvalue weighted by Gasteiger charge is 2.17. The van der Waals surface area contributed by atoms with Crippen molar-refractivity contribution in [2.45, 2.75) is 20.8 Å². The van der Waals surface area contributed by atoms with Gasteiger partial charge in [0.15, 0.2) is 0 Å². The molecule has 0 saturated heterocycles. The van der Waals surface area contributed by atoms with Gasteiger partial charge in [0, 0.05) is 36.1 Å². The first-order valence-corrected chi connectivity index (χ1v) is 11.1. The predicted molar refractivity (Wildman–Crippen MR) is 126 cm³/mol. The molecule has 1 amide bonds. The van der Waals surface area contributed by atoms with Gasteiger partial charge in [0.1, 0.15) is 17.3 Å². The highest BCUT2D eigenvalue weighted by atomic mass is 32.1. The molecule has 1 N–H and O–H groups in total. The number of aryl methyl sites for hydroxylation is 3. The Hall–Kier alpha value is -3.45. The number of rotatable bonds is 5. The quantitative estimate of drug-likeness (QED) is 0.433. The maximum atomic E-state index is 13.9. The normalized spacial score (nSPS) is 11.0. The van der Waals surface area contributed by atoms with Gasteiger partial charge < -0.3 is 14.6 Å². The van der Waals surface area contributed by atoms with E-state index in [4.69, 9.17) is 4.74 Å². The summed E-state index contributed by atoms with van der Waals surface area (Å²) in [6.45, 7) is 6.00. The number of pyridine rings is 1. The van der Waals surface area contributed by atoms with Crippen LogP contribution in [0.25, 0.3) is 21.2 Å². The monoisotopic (exact) mass is 450 g/mol. The summed E-state index contributed by atoms with van der Waals surface area (Å²) in [7, 11) is 1.69. The van der Waals surface area contributed by atoms with Gasteiger partial charge in [-0.3, -0.25) is 9.59 Å². The minimum atomic E-state index is -0.327. The predicted octanol–water partition coefficient (Wildman–Crippen LogP) is 5.56. The minimum absolute atomic E-state index is 0.158. The van der Waals surface area contributed by atoms with Crippen molar-refractivity contribution in [1.29, 1.82) is 0 Å². The number of fused-ring (bicyclic) bond motifs is 1. The first kappa shape index (κ1) is 21.8. The van der Waals surface area contributed by atoms with Crippen molar-refractivity contribution in [3.05, 3.63) is 80.8 Å². The molecule has 0 aliphatic carbocycles. The molecule has 0 unspecified atom stereocenters. The number of benzene rings is 2. The van der Waals surface area contributed by atoms with Crippen LogP contribution >= 0.6 is 11.3 Å². The lowest BCUT2D eigenvalue weighted by Gasteiger charge is -2.12. The summed E-state index contributed by atoms with van der Waals surface area (Å²) in [5, 5.41) is 3.28. The Labute approximate surface area is 189 Å². The van der Waals surface area contributed by atoms with Crippen LogP contribution in [-0.2, 0) is 7.05 Å². The van der Waals surface area contributed by atoms with E-state index < -0.39 is 0 Å². The van der Waals surface area contributed by atoms with Crippen LogP contribution in [0.4, 0.5) is 4.39 Å². The number of hydrogen-bond donors (Lipinski definition) is 1. The van der Waals surface area contributed by atoms with E-state index in [1.54, 1.807) is 38.4 Å². The van der Waals surface area contributed by atoms with Gasteiger partial charge in [-0.2, -0.15) is 0 Å². The fourth-order valence-corrected chi connectivity index (χ4v) is 4.65. The van der Waals surface area contributed by atoms with Gasteiger partial charge in [0.2, 0.25) is 0 Å². The van der Waals surface area contributed by atoms with Crippen molar-refractivity contribution in [2.24, 2.45) is 7.05 Å². The Bertz CT molecular complexity index is 1400. The van der Waals surface area contributed by atoms with E-state index in [0.717, 1.165) is 21.4 Å². The molecule has 7 heteroatoms. The number of nitrogens with one attached hydrogen (secondary N) is 1. The molecule has 5 nitrogen and oxygen atoms in total. The molecule has 0 aliphatic heterocycles. The standard InChI is InChI=1S/C25H23FN2O3S/c1-5-27-24(29)22-12-19-23(32-22)20(13-28(4)25(19)30)16-8-14(2)9-18(10-16)31-17-7-6-15(3)21(26)11-17/h6-13H,5H2,1-4H3,(H,27,29). The average molecular weight is 451 g/mol. The lowest BCUT2D eigenvalue weighted by molar-refractivity contribution is 0.0960. The summed E-state index contributed by atoms with van der Waals surface area (Å²) in [5.74, 6) is 0.443. The molecule has 0 radical (unpaired) electrons. The number of hydrogen-bond acceptors (Lipinski definition) is 4. The molecule has 0 saturated carbocycles. The van der Waals surface area contributed by atoms with Gasteiger partial charge in [0.05, 0.1) is 10.3 Å². The molecule has 4 rings (SSSR count). The number of halogens is 1. The van der Waals surface area contributed by atoms with Crippen molar-refractivity contribution in [3.8, 4) is 22.6 Å². The second-order valence-electron chi connectivity index (χ2n) is 7.72. The molecule has 164 valence electrons. The third-order valence-electron chi connectivity index (χ3n) is 5.15. The molecular weight excluding hydrogens is 427 g/mol. The SMILES string of the molecule is CCNC(=O)c1cc2c(=O)n(C)cc(-c3cc(C)cc(Oc4ccc(C)c(F)c4)c3)c2s1. The van der Waals surface area contributed by atoms with Crippen LogP contribution in [-0.4, -0.2) is 17.0 Å². The van der Waals surface area contributed by atoms with E-state index in [0.29, 0.717) is 33.9 Å². The Kier molecular flexibility index (Phi) is 5.84. The van der Waals surface area contributed by atoms with Crippen LogP contribution in [0.3, 0.4) is 0 Å². The fourth-order valence-electron chi connectivity index (χ4n) is 3.55. The van der Waals surface area contributed by atoms with E-state index in [9.17, 15) is 14.0 Å². The summed E-state index contributed by atoms with van der Waals surface area (Å²) < 4.78 is 22.1. The van der Waals surface area contributed by atoms with Crippen molar-refractivity contribution < 1.29 is 13.9 Å². The number of aromatic nitrogens is 1. The number of carbonyl (C=O) groups is 1. The largest absolute Gasteiger partial charge is 0.457 e. The van der Waals surface area contributed by atoms with Gasteiger partial charge in [-0.1, -0.05) is 12.1 Å². The van der Waals surface area contributed by atoms with Crippen LogP contribution in [0.2, 0.25) is 0 Å². The summed E-state index contributed by atoms with van der Waals surface area (Å²) in [6, 6.07) is 12.1. The highest BCUT2D eigenvalue weighted by molar-refractivity contribution is 7.21. The Balaban J connectivity index is 1.83. The minimum Gasteiger partial charge on any atom is -0.457 e. The van der Waals surface area contributed by atoms with E-state index in [1.165, 1.54) is 22.0 Å². The maximum Gasteiger partial charge on any atom is 0.261 e. The molecule has 2 aromatic heterocycles. The molecule has 2 heterocycles. The zero-order valence-electron chi connectivity index (χ0n) is 18.3. The molecule has 4 aromatic rings. The zero-order chi connectivity index (χ0) is 23.0. The van der Waals surface area contributed by atoms with Crippen molar-refractivity contribution >= 4 is 27.3 Å². The fraction of sp³-hybridized carbons (Fsp3) is 0.200. The van der Waals surface area contributed by atoms with Gasteiger partial charge in [-0.15, -0.1) is 11.3 Å². The van der Waals surface area contributed by atoms with Gasteiger partial charge in [0.25, 0.3) is 11.5 Å². The third-order valence-corrected chi connectivity index (χ3v) is 6.32. The van der Waals surface area contributed by atoms with E-state index in [2.05, 4.69) is 5.32 Å². The number of amides is 1. The molecule has 0 fully saturated rings. The molecular formula is C25H23FN2O3S. The van der Waals surface area contributed by atoms with Gasteiger partial charge in [-0.25, -0.2) is 4.39 Å². The van der Waals surface area contributed by atoms with E-state index in [1.807, 2.05) is 32.0 Å². The lowest BCUT2D eigenvalue weighted by atomic mass is 10.0. The van der Waals surface area contributed by atoms with Gasteiger partial charge >= 0.3 is 0 Å². The summed E-state index contributed by atoms with van der Waals surface area (Å²) in [4.78, 5) is 25.6. The van der Waals surface area contributed by atoms with E-state index >= 15 is 0 Å².